The molecule has 0 atom stereocenters. The predicted molar refractivity (Wildman–Crippen MR) is 49.9 cm³/mol. The van der Waals surface area contributed by atoms with E-state index < -0.39 is 5.97 Å². The van der Waals surface area contributed by atoms with E-state index in [1.165, 1.54) is 25.7 Å². The molecule has 0 rings (SSSR count). The first-order valence-corrected chi connectivity index (χ1v) is 4.78. The Balaban J connectivity index is 0. The van der Waals surface area contributed by atoms with Gasteiger partial charge in [0, 0.05) is 6.42 Å². The van der Waals surface area contributed by atoms with Crippen molar-refractivity contribution in [1.29, 1.82) is 0 Å². The summed E-state index contributed by atoms with van der Waals surface area (Å²) in [6.07, 6.45) is 8.10. The average molecular weight is 194 g/mol. The molecule has 0 amide bonds. The van der Waals surface area contributed by atoms with E-state index in [0.29, 0.717) is 6.42 Å². The van der Waals surface area contributed by atoms with Gasteiger partial charge < -0.3 is 12.0 Å². The zero-order valence-electron chi connectivity index (χ0n) is 8.72. The molecule has 0 radical (unpaired) electrons. The SMILES string of the molecule is [CH2-]CCCCCCCCC(=O)O.[Na+]. The van der Waals surface area contributed by atoms with Gasteiger partial charge in [-0.25, -0.2) is 0 Å². The van der Waals surface area contributed by atoms with E-state index in [1.807, 2.05) is 0 Å². The van der Waals surface area contributed by atoms with E-state index in [2.05, 4.69) is 6.92 Å². The Hall–Kier alpha value is 0.470. The molecule has 3 heteroatoms. The third-order valence-electron chi connectivity index (χ3n) is 1.89. The fraction of sp³-hybridized carbons (Fsp3) is 0.800. The van der Waals surface area contributed by atoms with Crippen molar-refractivity contribution >= 4 is 5.97 Å². The molecule has 72 valence electrons. The minimum atomic E-state index is -0.673. The molecular formula is C10H19NaO2. The summed E-state index contributed by atoms with van der Waals surface area (Å²) in [5.74, 6) is -0.673. The number of hydrogen-bond acceptors (Lipinski definition) is 1. The van der Waals surface area contributed by atoms with Gasteiger partial charge in [0.05, 0.1) is 0 Å². The van der Waals surface area contributed by atoms with Gasteiger partial charge in [0.2, 0.25) is 0 Å². The average Bonchev–Trinajstić information content (AvgIpc) is 2.02. The standard InChI is InChI=1S/C10H19O2.Na/c1-2-3-4-5-6-7-8-9-10(11)12;/h1-9H2,(H,11,12);/q-1;+1. The van der Waals surface area contributed by atoms with Crippen LogP contribution in [0.5, 0.6) is 0 Å². The number of rotatable bonds is 8. The smallest absolute Gasteiger partial charge is 0.481 e. The first-order valence-electron chi connectivity index (χ1n) is 4.78. The Morgan fingerprint density at radius 3 is 1.92 bits per heavy atom. The van der Waals surface area contributed by atoms with Gasteiger partial charge in [0.15, 0.2) is 0 Å². The summed E-state index contributed by atoms with van der Waals surface area (Å²) >= 11 is 0. The monoisotopic (exact) mass is 194 g/mol. The third-order valence-corrected chi connectivity index (χ3v) is 1.89. The maximum Gasteiger partial charge on any atom is 1.00 e. The molecule has 0 bridgehead atoms. The summed E-state index contributed by atoms with van der Waals surface area (Å²) in [5.41, 5.74) is 0. The van der Waals surface area contributed by atoms with Crippen molar-refractivity contribution in [2.24, 2.45) is 0 Å². The van der Waals surface area contributed by atoms with Crippen molar-refractivity contribution in [2.45, 2.75) is 51.4 Å². The second-order valence-electron chi connectivity index (χ2n) is 3.12. The summed E-state index contributed by atoms with van der Waals surface area (Å²) in [6, 6.07) is 0. The van der Waals surface area contributed by atoms with Gasteiger partial charge in [-0.3, -0.25) is 4.79 Å². The Labute approximate surface area is 103 Å². The van der Waals surface area contributed by atoms with Crippen molar-refractivity contribution < 1.29 is 39.5 Å². The fourth-order valence-corrected chi connectivity index (χ4v) is 1.16. The molecule has 13 heavy (non-hydrogen) atoms. The van der Waals surface area contributed by atoms with E-state index >= 15 is 0 Å². The Bertz CT molecular complexity index is 115. The van der Waals surface area contributed by atoms with Crippen molar-refractivity contribution in [2.75, 3.05) is 0 Å². The zero-order valence-corrected chi connectivity index (χ0v) is 10.7. The molecule has 1 N–H and O–H groups in total. The molecule has 0 unspecified atom stereocenters. The summed E-state index contributed by atoms with van der Waals surface area (Å²) in [5, 5.41) is 8.35. The van der Waals surface area contributed by atoms with E-state index in [1.54, 1.807) is 0 Å². The minimum Gasteiger partial charge on any atom is -0.481 e. The molecule has 0 spiro atoms. The van der Waals surface area contributed by atoms with Gasteiger partial charge in [-0.2, -0.15) is 6.42 Å². The van der Waals surface area contributed by atoms with Crippen LogP contribution < -0.4 is 29.6 Å². The molecule has 0 saturated heterocycles. The van der Waals surface area contributed by atoms with Crippen LogP contribution in [0.2, 0.25) is 0 Å². The molecule has 0 aromatic heterocycles. The van der Waals surface area contributed by atoms with Crippen LogP contribution in [0.1, 0.15) is 51.4 Å². The Morgan fingerprint density at radius 2 is 1.46 bits per heavy atom. The number of aliphatic carboxylic acids is 1. The van der Waals surface area contributed by atoms with Gasteiger partial charge in [-0.05, 0) is 6.42 Å². The molecule has 0 aromatic rings. The zero-order chi connectivity index (χ0) is 9.23. The van der Waals surface area contributed by atoms with Gasteiger partial charge in [0.1, 0.15) is 0 Å². The van der Waals surface area contributed by atoms with Gasteiger partial charge in [0.25, 0.3) is 0 Å². The predicted octanol–water partition coefficient (Wildman–Crippen LogP) is 0.0299. The van der Waals surface area contributed by atoms with Crippen LogP contribution in [0.4, 0.5) is 0 Å². The summed E-state index contributed by atoms with van der Waals surface area (Å²) in [6.45, 7) is 3.77. The number of carbonyl (C=O) groups is 1. The number of hydrogen-bond donors (Lipinski definition) is 1. The first kappa shape index (κ1) is 15.9. The topological polar surface area (TPSA) is 37.3 Å². The van der Waals surface area contributed by atoms with Crippen LogP contribution >= 0.6 is 0 Å². The Morgan fingerprint density at radius 1 is 1.00 bits per heavy atom. The van der Waals surface area contributed by atoms with Crippen molar-refractivity contribution in [3.8, 4) is 0 Å². The van der Waals surface area contributed by atoms with Crippen LogP contribution in [0.3, 0.4) is 0 Å². The third kappa shape index (κ3) is 15.2. The van der Waals surface area contributed by atoms with E-state index in [-0.39, 0.29) is 29.6 Å². The van der Waals surface area contributed by atoms with Crippen LogP contribution in [0, 0.1) is 6.92 Å². The van der Waals surface area contributed by atoms with Gasteiger partial charge in [-0.1, -0.05) is 32.1 Å². The molecular weight excluding hydrogens is 175 g/mol. The van der Waals surface area contributed by atoms with E-state index in [4.69, 9.17) is 5.11 Å². The van der Waals surface area contributed by atoms with Crippen molar-refractivity contribution in [3.63, 3.8) is 0 Å². The molecule has 2 nitrogen and oxygen atoms in total. The second kappa shape index (κ2) is 12.5. The molecule has 0 aliphatic rings. The quantitative estimate of drug-likeness (QED) is 0.336. The number of carboxylic acid groups (broad SMARTS) is 1. The van der Waals surface area contributed by atoms with Gasteiger partial charge in [-0.15, -0.1) is 0 Å². The number of carboxylic acids is 1. The second-order valence-corrected chi connectivity index (χ2v) is 3.12. The molecule has 0 fully saturated rings. The largest absolute Gasteiger partial charge is 1.00 e. The maximum absolute atomic E-state index is 10.1. The molecule has 0 heterocycles. The molecule has 0 saturated carbocycles. The van der Waals surface area contributed by atoms with Crippen LogP contribution in [-0.2, 0) is 4.79 Å². The minimum absolute atomic E-state index is 0. The van der Waals surface area contributed by atoms with Crippen LogP contribution in [0.25, 0.3) is 0 Å². The maximum atomic E-state index is 10.1. The van der Waals surface area contributed by atoms with Crippen molar-refractivity contribution in [3.05, 3.63) is 6.92 Å². The van der Waals surface area contributed by atoms with Crippen LogP contribution in [0.15, 0.2) is 0 Å². The van der Waals surface area contributed by atoms with E-state index in [9.17, 15) is 4.79 Å². The molecule has 0 aromatic carbocycles. The number of unbranched alkanes of at least 4 members (excludes halogenated alkanes) is 6. The molecule has 0 aliphatic heterocycles. The first-order chi connectivity index (χ1) is 5.77. The summed E-state index contributed by atoms with van der Waals surface area (Å²) < 4.78 is 0. The Kier molecular flexibility index (Phi) is 15.3. The van der Waals surface area contributed by atoms with Crippen LogP contribution in [-0.4, -0.2) is 11.1 Å². The molecule has 0 aliphatic carbocycles. The summed E-state index contributed by atoms with van der Waals surface area (Å²) in [7, 11) is 0. The van der Waals surface area contributed by atoms with E-state index in [0.717, 1.165) is 19.3 Å². The normalized spacial score (nSPS) is 9.31. The van der Waals surface area contributed by atoms with Gasteiger partial charge >= 0.3 is 35.5 Å². The summed E-state index contributed by atoms with van der Waals surface area (Å²) in [4.78, 5) is 10.1. The fourth-order valence-electron chi connectivity index (χ4n) is 1.16. The van der Waals surface area contributed by atoms with Crippen molar-refractivity contribution in [1.82, 2.24) is 0 Å².